The Balaban J connectivity index is 0.000000175. The molecular weight excluding hydrogens is 780 g/mol. The van der Waals surface area contributed by atoms with E-state index in [1.807, 2.05) is 42.5 Å². The van der Waals surface area contributed by atoms with E-state index < -0.39 is 0 Å². The topological polar surface area (TPSA) is 57.4 Å². The van der Waals surface area contributed by atoms with Crippen LogP contribution in [-0.2, 0) is 21.1 Å². The summed E-state index contributed by atoms with van der Waals surface area (Å²) in [6.45, 7) is 0. The maximum Gasteiger partial charge on any atom is 2.00 e. The normalized spacial score (nSPS) is 16.7. The average Bonchev–Trinajstić information content (AvgIpc) is 4.00. The van der Waals surface area contributed by atoms with Crippen LogP contribution < -0.4 is 0 Å². The zero-order valence-electron chi connectivity index (χ0n) is 29.1. The van der Waals surface area contributed by atoms with Gasteiger partial charge in [0.25, 0.3) is 0 Å². The van der Waals surface area contributed by atoms with E-state index in [4.69, 9.17) is 0 Å². The summed E-state index contributed by atoms with van der Waals surface area (Å²) in [5.41, 5.74) is 7.86. The molecule has 4 aliphatic carbocycles. The van der Waals surface area contributed by atoms with Crippen LogP contribution in [0, 0.1) is 0 Å². The minimum Gasteiger partial charge on any atom is -0.355 e. The maximum absolute atomic E-state index is 4.62. The number of aromatic amines is 2. The molecule has 9 rings (SSSR count). The van der Waals surface area contributed by atoms with E-state index in [9.17, 15) is 0 Å². The number of hydrogen-bond donors (Lipinski definition) is 2. The molecule has 4 nitrogen and oxygen atoms in total. The van der Waals surface area contributed by atoms with Crippen molar-refractivity contribution in [3.8, 4) is 0 Å². The van der Waals surface area contributed by atoms with Gasteiger partial charge in [0.1, 0.15) is 0 Å². The number of allylic oxidation sites excluding steroid dienone is 8. The average molecular weight is 834 g/mol. The Bertz CT molecular complexity index is 1550. The number of nitrogens with zero attached hydrogens (tertiary/aromatic N) is 2. The molecule has 6 aliphatic rings. The number of nitrogens with one attached hydrogen (secondary N) is 2. The van der Waals surface area contributed by atoms with Crippen molar-refractivity contribution in [2.24, 2.45) is 0 Å². The van der Waals surface area contributed by atoms with Crippen molar-refractivity contribution in [3.05, 3.63) is 120 Å². The molecule has 0 aromatic carbocycles. The van der Waals surface area contributed by atoms with Gasteiger partial charge in [0.15, 0.2) is 0 Å². The second-order valence-electron chi connectivity index (χ2n) is 12.9. The fraction of sp³-hybridized carbons (Fsp3) is 0.364. The summed E-state index contributed by atoms with van der Waals surface area (Å²) < 4.78 is 0. The van der Waals surface area contributed by atoms with Crippen molar-refractivity contribution < 1.29 is 21.1 Å². The molecule has 5 heteroatoms. The summed E-state index contributed by atoms with van der Waals surface area (Å²) in [6, 6.07) is 16.4. The Labute approximate surface area is 308 Å². The van der Waals surface area contributed by atoms with Crippen LogP contribution in [-0.4, -0.2) is 19.9 Å². The molecule has 0 radical (unpaired) electrons. The number of rotatable bonds is 0. The smallest absolute Gasteiger partial charge is 0.355 e. The monoisotopic (exact) mass is 833 g/mol. The predicted octanol–water partition coefficient (Wildman–Crippen LogP) is 13.1. The SMILES string of the molecule is C1=CCCCC1.C1=CCCCC1.C1=CCCCC1.C1=CCCCC1.C1=Cc2cc3ccc(cc4ccc(cc5nc(cc1n2)C=C5)[nH]4)[nH]3.[Pt+2]. The predicted molar refractivity (Wildman–Crippen MR) is 209 cm³/mol. The van der Waals surface area contributed by atoms with Crippen molar-refractivity contribution in [2.75, 3.05) is 0 Å². The van der Waals surface area contributed by atoms with Crippen LogP contribution in [0.4, 0.5) is 0 Å². The molecule has 3 aromatic rings. The summed E-state index contributed by atoms with van der Waals surface area (Å²) in [4.78, 5) is 16.0. The molecule has 0 saturated carbocycles. The van der Waals surface area contributed by atoms with Crippen LogP contribution in [0.25, 0.3) is 46.4 Å². The quantitative estimate of drug-likeness (QED) is 0.153. The molecule has 0 amide bonds. The molecule has 258 valence electrons. The van der Waals surface area contributed by atoms with Crippen LogP contribution in [0.2, 0.25) is 0 Å². The van der Waals surface area contributed by atoms with Gasteiger partial charge in [-0.2, -0.15) is 0 Å². The third-order valence-electron chi connectivity index (χ3n) is 8.67. The zero-order chi connectivity index (χ0) is 32.9. The van der Waals surface area contributed by atoms with Crippen LogP contribution in [0.5, 0.6) is 0 Å². The van der Waals surface area contributed by atoms with Gasteiger partial charge in [0, 0.05) is 22.1 Å². The Morgan fingerprint density at radius 1 is 0.327 bits per heavy atom. The second kappa shape index (κ2) is 22.8. The molecule has 49 heavy (non-hydrogen) atoms. The van der Waals surface area contributed by atoms with Crippen molar-refractivity contribution in [2.45, 2.75) is 103 Å². The van der Waals surface area contributed by atoms with Gasteiger partial charge in [-0.15, -0.1) is 0 Å². The van der Waals surface area contributed by atoms with Gasteiger partial charge in [-0.05, 0) is 176 Å². The van der Waals surface area contributed by atoms with E-state index in [2.05, 4.69) is 98.9 Å². The first kappa shape index (κ1) is 38.1. The molecule has 0 unspecified atom stereocenters. The van der Waals surface area contributed by atoms with Gasteiger partial charge in [-0.25, -0.2) is 9.97 Å². The Hall–Kier alpha value is -3.75. The second-order valence-corrected chi connectivity index (χ2v) is 12.9. The summed E-state index contributed by atoms with van der Waals surface area (Å²) in [5, 5.41) is 0. The third-order valence-corrected chi connectivity index (χ3v) is 8.67. The first-order valence-electron chi connectivity index (χ1n) is 18.4. The standard InChI is InChI=1S/C20H14N4.4C6H10.Pt/c1-2-14-10-16-5-6-18(23-16)12-20-8-7-19(24-20)11-17-4-3-15(22-17)9-13(1)21-14;4*1-2-4-6-5-3-1;/h1-12,21-22H;4*1-2H,3-6H2;/q;;;;;+2. The van der Waals surface area contributed by atoms with E-state index in [1.165, 1.54) is 103 Å². The molecule has 0 fully saturated rings. The van der Waals surface area contributed by atoms with E-state index in [1.54, 1.807) is 0 Å². The van der Waals surface area contributed by atoms with E-state index in [0.717, 1.165) is 44.8 Å². The summed E-state index contributed by atoms with van der Waals surface area (Å²) >= 11 is 0. The molecule has 0 atom stereocenters. The van der Waals surface area contributed by atoms with Gasteiger partial charge >= 0.3 is 21.1 Å². The molecule has 0 spiro atoms. The number of aromatic nitrogens is 4. The van der Waals surface area contributed by atoms with Crippen molar-refractivity contribution >= 4 is 46.4 Å². The molecule has 0 saturated heterocycles. The molecule has 2 aliphatic heterocycles. The van der Waals surface area contributed by atoms with Gasteiger partial charge in [0.2, 0.25) is 0 Å². The van der Waals surface area contributed by atoms with E-state index in [0.29, 0.717) is 0 Å². The minimum atomic E-state index is 0. The summed E-state index contributed by atoms with van der Waals surface area (Å²) in [7, 11) is 0. The van der Waals surface area contributed by atoms with Crippen molar-refractivity contribution in [1.82, 2.24) is 19.9 Å². The van der Waals surface area contributed by atoms with Crippen LogP contribution in [0.1, 0.15) is 126 Å². The van der Waals surface area contributed by atoms with Gasteiger partial charge in [-0.3, -0.25) is 0 Å². The zero-order valence-corrected chi connectivity index (χ0v) is 31.3. The molecule has 2 N–H and O–H groups in total. The first-order valence-corrected chi connectivity index (χ1v) is 18.4. The largest absolute Gasteiger partial charge is 2.00 e. The van der Waals surface area contributed by atoms with Crippen molar-refractivity contribution in [1.29, 1.82) is 0 Å². The van der Waals surface area contributed by atoms with Crippen LogP contribution >= 0.6 is 0 Å². The van der Waals surface area contributed by atoms with Gasteiger partial charge in [-0.1, -0.05) is 48.6 Å². The van der Waals surface area contributed by atoms with Crippen LogP contribution in [0.3, 0.4) is 0 Å². The number of fused-ring (bicyclic) bond motifs is 8. The van der Waals surface area contributed by atoms with E-state index >= 15 is 0 Å². The molecule has 5 heterocycles. The first-order chi connectivity index (χ1) is 23.8. The van der Waals surface area contributed by atoms with E-state index in [-0.39, 0.29) is 21.1 Å². The van der Waals surface area contributed by atoms with Crippen molar-refractivity contribution in [3.63, 3.8) is 0 Å². The maximum atomic E-state index is 4.62. The minimum absolute atomic E-state index is 0. The Kier molecular flexibility index (Phi) is 17.7. The molecule has 3 aromatic heterocycles. The number of H-pyrrole nitrogens is 2. The number of hydrogen-bond acceptors (Lipinski definition) is 2. The summed E-state index contributed by atoms with van der Waals surface area (Å²) in [6.07, 6.45) is 48.0. The fourth-order valence-corrected chi connectivity index (χ4v) is 5.98. The summed E-state index contributed by atoms with van der Waals surface area (Å²) in [5.74, 6) is 0. The van der Waals surface area contributed by atoms with Gasteiger partial charge in [0.05, 0.1) is 22.8 Å². The third kappa shape index (κ3) is 15.1. The fourth-order valence-electron chi connectivity index (χ4n) is 5.98. The molecule has 8 bridgehead atoms. The molecular formula is C44H54N4Pt+2. The Morgan fingerprint density at radius 3 is 0.816 bits per heavy atom. The Morgan fingerprint density at radius 2 is 0.571 bits per heavy atom. The van der Waals surface area contributed by atoms with Crippen LogP contribution in [0.15, 0.2) is 97.1 Å². The van der Waals surface area contributed by atoms with Gasteiger partial charge < -0.3 is 9.97 Å².